The van der Waals surface area contributed by atoms with Crippen molar-refractivity contribution in [1.82, 2.24) is 0 Å². The minimum Gasteiger partial charge on any atom is -0.501 e. The van der Waals surface area contributed by atoms with Gasteiger partial charge in [-0.1, -0.05) is 0 Å². The van der Waals surface area contributed by atoms with Crippen LogP contribution in [-0.2, 0) is 4.74 Å². The van der Waals surface area contributed by atoms with Crippen LogP contribution in [0.25, 0.3) is 0 Å². The molecule has 0 radical (unpaired) electrons. The molecule has 0 aromatic heterocycles. The summed E-state index contributed by atoms with van der Waals surface area (Å²) < 4.78 is 5.27. The summed E-state index contributed by atoms with van der Waals surface area (Å²) in [5.74, 6) is 0. The number of ether oxygens (including phenoxy) is 1. The Balaban J connectivity index is 2.09. The molecule has 0 aromatic carbocycles. The zero-order valence-corrected chi connectivity index (χ0v) is 8.54. The third-order valence-electron chi connectivity index (χ3n) is 3.30. The Labute approximate surface area is 84.9 Å². The number of rotatable bonds is 1. The highest BCUT2D eigenvalue weighted by atomic mass is 16.5. The van der Waals surface area contributed by atoms with Crippen molar-refractivity contribution in [2.24, 2.45) is 5.73 Å². The third kappa shape index (κ3) is 1.93. The van der Waals surface area contributed by atoms with Gasteiger partial charge in [-0.25, -0.2) is 0 Å². The summed E-state index contributed by atoms with van der Waals surface area (Å²) in [5, 5.41) is 10.4. The highest BCUT2D eigenvalue weighted by Gasteiger charge is 2.36. The van der Waals surface area contributed by atoms with Crippen molar-refractivity contribution >= 4 is 0 Å². The Bertz CT molecular complexity index is 239. The summed E-state index contributed by atoms with van der Waals surface area (Å²) in [6.45, 7) is 0.783. The van der Waals surface area contributed by atoms with Crippen LogP contribution < -0.4 is 5.73 Å². The van der Waals surface area contributed by atoms with E-state index >= 15 is 0 Å². The summed E-state index contributed by atoms with van der Waals surface area (Å²) in [5.41, 5.74) is 6.27. The first-order valence-electron chi connectivity index (χ1n) is 5.50. The van der Waals surface area contributed by atoms with Crippen LogP contribution in [-0.4, -0.2) is 23.4 Å². The Morgan fingerprint density at radius 2 is 2.36 bits per heavy atom. The van der Waals surface area contributed by atoms with Crippen molar-refractivity contribution in [2.45, 2.75) is 50.2 Å². The van der Waals surface area contributed by atoms with Gasteiger partial charge in [0.05, 0.1) is 18.5 Å². The van der Waals surface area contributed by atoms with Crippen molar-refractivity contribution in [1.29, 1.82) is 0 Å². The Hall–Kier alpha value is -0.540. The van der Waals surface area contributed by atoms with Gasteiger partial charge in [0, 0.05) is 6.04 Å². The molecule has 0 bridgehead atoms. The Morgan fingerprint density at radius 3 is 3.00 bits per heavy atom. The van der Waals surface area contributed by atoms with Gasteiger partial charge in [-0.05, 0) is 44.1 Å². The molecular formula is C11H19NO2. The van der Waals surface area contributed by atoms with Crippen LogP contribution in [0.1, 0.15) is 38.5 Å². The zero-order chi connectivity index (χ0) is 10.0. The van der Waals surface area contributed by atoms with Gasteiger partial charge in [0.15, 0.2) is 0 Å². The van der Waals surface area contributed by atoms with Gasteiger partial charge in [0.2, 0.25) is 0 Å². The van der Waals surface area contributed by atoms with Crippen molar-refractivity contribution in [2.75, 3.05) is 6.61 Å². The Kier molecular flexibility index (Phi) is 2.79. The monoisotopic (exact) mass is 197 g/mol. The molecule has 14 heavy (non-hydrogen) atoms. The van der Waals surface area contributed by atoms with E-state index in [-0.39, 0.29) is 6.04 Å². The molecule has 2 aliphatic rings. The second-order valence-electron chi connectivity index (χ2n) is 4.51. The predicted molar refractivity (Wildman–Crippen MR) is 54.7 cm³/mol. The van der Waals surface area contributed by atoms with E-state index < -0.39 is 5.60 Å². The number of nitrogens with two attached hydrogens (primary N) is 1. The summed E-state index contributed by atoms with van der Waals surface area (Å²) in [4.78, 5) is 0. The topological polar surface area (TPSA) is 55.5 Å². The molecule has 3 heteroatoms. The highest BCUT2D eigenvalue weighted by Crippen LogP contribution is 2.36. The van der Waals surface area contributed by atoms with Gasteiger partial charge in [-0.15, -0.1) is 0 Å². The molecule has 2 rings (SSSR count). The van der Waals surface area contributed by atoms with Gasteiger partial charge in [-0.2, -0.15) is 0 Å². The lowest BCUT2D eigenvalue weighted by Crippen LogP contribution is -2.43. The van der Waals surface area contributed by atoms with Crippen LogP contribution >= 0.6 is 0 Å². The fraction of sp³-hybridized carbons (Fsp3) is 0.818. The van der Waals surface area contributed by atoms with E-state index in [0.717, 1.165) is 44.3 Å². The van der Waals surface area contributed by atoms with Crippen LogP contribution in [0.15, 0.2) is 11.8 Å². The molecule has 1 aliphatic carbocycles. The summed E-state index contributed by atoms with van der Waals surface area (Å²) in [6, 6.07) is 0.150. The molecule has 1 fully saturated rings. The van der Waals surface area contributed by atoms with Gasteiger partial charge in [0.25, 0.3) is 0 Å². The second-order valence-corrected chi connectivity index (χ2v) is 4.51. The lowest BCUT2D eigenvalue weighted by atomic mass is 9.76. The zero-order valence-electron chi connectivity index (χ0n) is 8.54. The number of hydrogen-bond donors (Lipinski definition) is 2. The molecule has 80 valence electrons. The molecule has 3 N–H and O–H groups in total. The molecule has 0 saturated heterocycles. The molecule has 2 unspecified atom stereocenters. The fourth-order valence-electron chi connectivity index (χ4n) is 2.49. The summed E-state index contributed by atoms with van der Waals surface area (Å²) >= 11 is 0. The average Bonchev–Trinajstić information content (AvgIpc) is 2.19. The largest absolute Gasteiger partial charge is 0.501 e. The van der Waals surface area contributed by atoms with E-state index in [0.29, 0.717) is 6.42 Å². The van der Waals surface area contributed by atoms with Gasteiger partial charge in [0.1, 0.15) is 0 Å². The predicted octanol–water partition coefficient (Wildman–Crippen LogP) is 1.31. The first kappa shape index (κ1) is 9.99. The number of hydrogen-bond acceptors (Lipinski definition) is 3. The van der Waals surface area contributed by atoms with Crippen LogP contribution in [0.3, 0.4) is 0 Å². The van der Waals surface area contributed by atoms with Crippen LogP contribution in [0.4, 0.5) is 0 Å². The summed E-state index contributed by atoms with van der Waals surface area (Å²) in [6.07, 6.45) is 7.33. The molecule has 0 aromatic rings. The minimum absolute atomic E-state index is 0.150. The van der Waals surface area contributed by atoms with E-state index in [1.54, 1.807) is 6.26 Å². The lowest BCUT2D eigenvalue weighted by molar-refractivity contribution is 0.0208. The fourth-order valence-corrected chi connectivity index (χ4v) is 2.49. The van der Waals surface area contributed by atoms with E-state index in [9.17, 15) is 5.11 Å². The van der Waals surface area contributed by atoms with Crippen molar-refractivity contribution in [3.05, 3.63) is 11.8 Å². The normalized spacial score (nSPS) is 38.7. The van der Waals surface area contributed by atoms with Crippen LogP contribution in [0, 0.1) is 0 Å². The Morgan fingerprint density at radius 1 is 1.50 bits per heavy atom. The van der Waals surface area contributed by atoms with Gasteiger partial charge >= 0.3 is 0 Å². The van der Waals surface area contributed by atoms with E-state index in [1.807, 2.05) is 0 Å². The van der Waals surface area contributed by atoms with Gasteiger partial charge in [-0.3, -0.25) is 0 Å². The van der Waals surface area contributed by atoms with Crippen molar-refractivity contribution in [3.8, 4) is 0 Å². The first-order chi connectivity index (χ1) is 6.71. The molecule has 2 atom stereocenters. The van der Waals surface area contributed by atoms with Crippen molar-refractivity contribution < 1.29 is 9.84 Å². The maximum atomic E-state index is 10.4. The standard InChI is InChI=1S/C11H19NO2/c12-10-4-1-5-11(13,7-10)9-3-2-6-14-8-9/h8,10,13H,1-7,12H2. The van der Waals surface area contributed by atoms with E-state index in [2.05, 4.69) is 0 Å². The lowest BCUT2D eigenvalue weighted by Gasteiger charge is -2.38. The smallest absolute Gasteiger partial charge is 0.0903 e. The van der Waals surface area contributed by atoms with Gasteiger partial charge < -0.3 is 15.6 Å². The SMILES string of the molecule is NC1CCCC(O)(C2=COCCC2)C1. The quantitative estimate of drug-likeness (QED) is 0.666. The van der Waals surface area contributed by atoms with E-state index in [1.165, 1.54) is 0 Å². The van der Waals surface area contributed by atoms with Crippen LogP contribution in [0.5, 0.6) is 0 Å². The number of aliphatic hydroxyl groups is 1. The average molecular weight is 197 g/mol. The molecule has 3 nitrogen and oxygen atoms in total. The van der Waals surface area contributed by atoms with Crippen LogP contribution in [0.2, 0.25) is 0 Å². The summed E-state index contributed by atoms with van der Waals surface area (Å²) in [7, 11) is 0. The maximum absolute atomic E-state index is 10.4. The second kappa shape index (κ2) is 3.91. The minimum atomic E-state index is -0.669. The van der Waals surface area contributed by atoms with E-state index in [4.69, 9.17) is 10.5 Å². The molecule has 1 aliphatic heterocycles. The molecule has 0 spiro atoms. The molecule has 0 amide bonds. The van der Waals surface area contributed by atoms with Crippen molar-refractivity contribution in [3.63, 3.8) is 0 Å². The maximum Gasteiger partial charge on any atom is 0.0903 e. The molecule has 1 heterocycles. The molecular weight excluding hydrogens is 178 g/mol. The third-order valence-corrected chi connectivity index (χ3v) is 3.30. The highest BCUT2D eigenvalue weighted by molar-refractivity contribution is 5.17. The first-order valence-corrected chi connectivity index (χ1v) is 5.50. The molecule has 1 saturated carbocycles.